The quantitative estimate of drug-likeness (QED) is 0.658. The molecule has 0 saturated carbocycles. The van der Waals surface area contributed by atoms with Crippen LogP contribution in [0.15, 0.2) is 12.1 Å². The minimum Gasteiger partial charge on any atom is -0.507 e. The SMILES string of the molecule is Cc1ccc(C(=O)O)c(C(=O)O)c1O. The van der Waals surface area contributed by atoms with Crippen molar-refractivity contribution in [3.05, 3.63) is 28.8 Å². The van der Waals surface area contributed by atoms with Gasteiger partial charge < -0.3 is 15.3 Å². The molecule has 0 fully saturated rings. The highest BCUT2D eigenvalue weighted by molar-refractivity contribution is 6.03. The van der Waals surface area contributed by atoms with E-state index in [0.717, 1.165) is 6.07 Å². The molecule has 14 heavy (non-hydrogen) atoms. The van der Waals surface area contributed by atoms with Crippen LogP contribution < -0.4 is 0 Å². The zero-order valence-corrected chi connectivity index (χ0v) is 7.31. The van der Waals surface area contributed by atoms with Gasteiger partial charge in [-0.05, 0) is 18.6 Å². The smallest absolute Gasteiger partial charge is 0.340 e. The van der Waals surface area contributed by atoms with Gasteiger partial charge in [0, 0.05) is 0 Å². The summed E-state index contributed by atoms with van der Waals surface area (Å²) in [5.41, 5.74) is -0.662. The van der Waals surface area contributed by atoms with Gasteiger partial charge in [-0.3, -0.25) is 0 Å². The molecule has 5 nitrogen and oxygen atoms in total. The van der Waals surface area contributed by atoms with Crippen LogP contribution in [-0.2, 0) is 0 Å². The minimum atomic E-state index is -1.45. The van der Waals surface area contributed by atoms with Crippen LogP contribution in [-0.4, -0.2) is 27.3 Å². The zero-order chi connectivity index (χ0) is 10.9. The monoisotopic (exact) mass is 196 g/mol. The lowest BCUT2D eigenvalue weighted by molar-refractivity contribution is 0.0648. The van der Waals surface area contributed by atoms with Crippen LogP contribution in [0.3, 0.4) is 0 Å². The molecule has 0 aliphatic heterocycles. The van der Waals surface area contributed by atoms with Gasteiger partial charge in [-0.1, -0.05) is 6.07 Å². The first-order valence-electron chi connectivity index (χ1n) is 3.74. The van der Waals surface area contributed by atoms with Gasteiger partial charge in [-0.25, -0.2) is 9.59 Å². The molecule has 0 aliphatic carbocycles. The summed E-state index contributed by atoms with van der Waals surface area (Å²) in [4.78, 5) is 21.3. The number of aryl methyl sites for hydroxylation is 1. The minimum absolute atomic E-state index is 0.326. The Morgan fingerprint density at radius 3 is 2.14 bits per heavy atom. The summed E-state index contributed by atoms with van der Waals surface area (Å²) >= 11 is 0. The first-order chi connectivity index (χ1) is 6.45. The van der Waals surface area contributed by atoms with Gasteiger partial charge in [0.05, 0.1) is 5.56 Å². The Morgan fingerprint density at radius 1 is 1.14 bits per heavy atom. The van der Waals surface area contributed by atoms with Gasteiger partial charge in [0.25, 0.3) is 0 Å². The molecule has 1 aromatic carbocycles. The summed E-state index contributed by atoms with van der Waals surface area (Å²) in [6.07, 6.45) is 0. The van der Waals surface area contributed by atoms with Crippen LogP contribution in [0.5, 0.6) is 5.75 Å². The highest BCUT2D eigenvalue weighted by atomic mass is 16.4. The van der Waals surface area contributed by atoms with Crippen molar-refractivity contribution in [1.82, 2.24) is 0 Å². The van der Waals surface area contributed by atoms with Gasteiger partial charge in [0.15, 0.2) is 0 Å². The summed E-state index contributed by atoms with van der Waals surface area (Å²) in [6.45, 7) is 1.49. The third-order valence-electron chi connectivity index (χ3n) is 1.82. The van der Waals surface area contributed by atoms with Crippen LogP contribution in [0.25, 0.3) is 0 Å². The fourth-order valence-corrected chi connectivity index (χ4v) is 1.09. The molecular formula is C9H8O5. The lowest BCUT2D eigenvalue weighted by Gasteiger charge is -2.06. The Labute approximate surface area is 79.2 Å². The molecule has 1 aromatic rings. The van der Waals surface area contributed by atoms with Crippen molar-refractivity contribution >= 4 is 11.9 Å². The lowest BCUT2D eigenvalue weighted by Crippen LogP contribution is -2.08. The second kappa shape index (κ2) is 3.37. The fraction of sp³-hybridized carbons (Fsp3) is 0.111. The van der Waals surface area contributed by atoms with Crippen molar-refractivity contribution in [2.75, 3.05) is 0 Å². The maximum atomic E-state index is 10.7. The number of rotatable bonds is 2. The number of aromatic hydroxyl groups is 1. The first-order valence-corrected chi connectivity index (χ1v) is 3.74. The largest absolute Gasteiger partial charge is 0.507 e. The van der Waals surface area contributed by atoms with E-state index >= 15 is 0 Å². The average Bonchev–Trinajstić information content (AvgIpc) is 2.08. The van der Waals surface area contributed by atoms with E-state index in [1.165, 1.54) is 13.0 Å². The van der Waals surface area contributed by atoms with Crippen LogP contribution in [0, 0.1) is 6.92 Å². The predicted octanol–water partition coefficient (Wildman–Crippen LogP) is 1.10. The Bertz CT molecular complexity index is 408. The number of phenols is 1. The molecule has 0 saturated heterocycles. The summed E-state index contributed by atoms with van der Waals surface area (Å²) in [7, 11) is 0. The molecule has 1 rings (SSSR count). The third-order valence-corrected chi connectivity index (χ3v) is 1.82. The standard InChI is InChI=1S/C9H8O5/c1-4-2-3-5(8(11)12)6(7(4)10)9(13)14/h2-3,10H,1H3,(H,11,12)(H,13,14). The van der Waals surface area contributed by atoms with Gasteiger partial charge in [0.1, 0.15) is 11.3 Å². The average molecular weight is 196 g/mol. The highest BCUT2D eigenvalue weighted by Crippen LogP contribution is 2.25. The maximum absolute atomic E-state index is 10.7. The van der Waals surface area contributed by atoms with Crippen LogP contribution >= 0.6 is 0 Å². The van der Waals surface area contributed by atoms with Crippen molar-refractivity contribution in [2.45, 2.75) is 6.92 Å². The molecule has 74 valence electrons. The molecule has 0 atom stereocenters. The summed E-state index contributed by atoms with van der Waals surface area (Å²) in [5, 5.41) is 26.7. The van der Waals surface area contributed by atoms with Crippen LogP contribution in [0.4, 0.5) is 0 Å². The van der Waals surface area contributed by atoms with Crippen molar-refractivity contribution in [2.24, 2.45) is 0 Å². The molecule has 0 radical (unpaired) electrons. The lowest BCUT2D eigenvalue weighted by atomic mass is 10.0. The number of carbonyl (C=O) groups is 2. The topological polar surface area (TPSA) is 94.8 Å². The van der Waals surface area contributed by atoms with Gasteiger partial charge in [-0.15, -0.1) is 0 Å². The molecule has 0 unspecified atom stereocenters. The summed E-state index contributed by atoms with van der Waals surface area (Å²) in [5.74, 6) is -3.33. The molecule has 0 amide bonds. The first kappa shape index (κ1) is 10.0. The van der Waals surface area contributed by atoms with E-state index in [2.05, 4.69) is 0 Å². The predicted molar refractivity (Wildman–Crippen MR) is 46.8 cm³/mol. The van der Waals surface area contributed by atoms with E-state index in [1.54, 1.807) is 0 Å². The van der Waals surface area contributed by atoms with E-state index < -0.39 is 28.8 Å². The molecule has 0 aromatic heterocycles. The van der Waals surface area contributed by atoms with E-state index in [1.807, 2.05) is 0 Å². The van der Waals surface area contributed by atoms with Crippen LogP contribution in [0.2, 0.25) is 0 Å². The molecule has 0 bridgehead atoms. The van der Waals surface area contributed by atoms with E-state index in [0.29, 0.717) is 5.56 Å². The maximum Gasteiger partial charge on any atom is 0.340 e. The Balaban J connectivity index is 3.53. The second-order valence-electron chi connectivity index (χ2n) is 2.76. The number of carboxylic acids is 2. The zero-order valence-electron chi connectivity index (χ0n) is 7.31. The number of carboxylic acid groups (broad SMARTS) is 2. The Hall–Kier alpha value is -2.04. The Kier molecular flexibility index (Phi) is 2.42. The molecule has 0 heterocycles. The van der Waals surface area contributed by atoms with Crippen molar-refractivity contribution < 1.29 is 24.9 Å². The number of aromatic carboxylic acids is 2. The third kappa shape index (κ3) is 1.52. The molecular weight excluding hydrogens is 188 g/mol. The van der Waals surface area contributed by atoms with Crippen molar-refractivity contribution in [1.29, 1.82) is 0 Å². The second-order valence-corrected chi connectivity index (χ2v) is 2.76. The fourth-order valence-electron chi connectivity index (χ4n) is 1.09. The van der Waals surface area contributed by atoms with Crippen LogP contribution in [0.1, 0.15) is 26.3 Å². The highest BCUT2D eigenvalue weighted by Gasteiger charge is 2.21. The van der Waals surface area contributed by atoms with Gasteiger partial charge in [-0.2, -0.15) is 0 Å². The molecule has 0 aliphatic rings. The number of hydrogen-bond acceptors (Lipinski definition) is 3. The molecule has 5 heteroatoms. The van der Waals surface area contributed by atoms with Gasteiger partial charge >= 0.3 is 11.9 Å². The van der Waals surface area contributed by atoms with E-state index in [-0.39, 0.29) is 0 Å². The van der Waals surface area contributed by atoms with Crippen molar-refractivity contribution in [3.8, 4) is 5.75 Å². The molecule has 3 N–H and O–H groups in total. The summed E-state index contributed by atoms with van der Waals surface area (Å²) in [6, 6.07) is 2.51. The normalized spacial score (nSPS) is 9.79. The Morgan fingerprint density at radius 2 is 1.71 bits per heavy atom. The van der Waals surface area contributed by atoms with E-state index in [9.17, 15) is 14.7 Å². The number of hydrogen-bond donors (Lipinski definition) is 3. The molecule has 0 spiro atoms. The summed E-state index contributed by atoms with van der Waals surface area (Å²) < 4.78 is 0. The van der Waals surface area contributed by atoms with E-state index in [4.69, 9.17) is 10.2 Å². The van der Waals surface area contributed by atoms with Gasteiger partial charge in [0.2, 0.25) is 0 Å². The van der Waals surface area contributed by atoms with Crippen molar-refractivity contribution in [3.63, 3.8) is 0 Å². The number of benzene rings is 1.